The molecule has 1 aliphatic heterocycles. The SMILES string of the molecule is CC(C)c1cc(C=O)n[nH]1.CN1CCC(NC(=O)C2(C)CC2)C1. The molecule has 1 atom stereocenters. The van der Waals surface area contributed by atoms with Gasteiger partial charge in [0.25, 0.3) is 0 Å². The van der Waals surface area contributed by atoms with Crippen molar-refractivity contribution < 1.29 is 9.59 Å². The number of aldehydes is 1. The number of amides is 1. The van der Waals surface area contributed by atoms with E-state index in [9.17, 15) is 9.59 Å². The average Bonchev–Trinajstić information content (AvgIpc) is 2.92. The number of nitrogens with zero attached hydrogens (tertiary/aromatic N) is 2. The van der Waals surface area contributed by atoms with Crippen molar-refractivity contribution in [1.29, 1.82) is 0 Å². The van der Waals surface area contributed by atoms with Gasteiger partial charge >= 0.3 is 0 Å². The highest BCUT2D eigenvalue weighted by Gasteiger charge is 2.45. The molecule has 1 unspecified atom stereocenters. The number of nitrogens with one attached hydrogen (secondary N) is 2. The van der Waals surface area contributed by atoms with Gasteiger partial charge in [-0.15, -0.1) is 0 Å². The molecule has 2 aliphatic rings. The first-order valence-electron chi connectivity index (χ1n) is 8.34. The van der Waals surface area contributed by atoms with Gasteiger partial charge in [0.1, 0.15) is 5.69 Å². The minimum atomic E-state index is -0.0127. The summed E-state index contributed by atoms with van der Waals surface area (Å²) < 4.78 is 0. The predicted octanol–water partition coefficient (Wildman–Crippen LogP) is 1.95. The third-order valence-corrected chi connectivity index (χ3v) is 4.63. The number of aromatic nitrogens is 2. The Hall–Kier alpha value is -1.69. The molecule has 0 aromatic carbocycles. The van der Waals surface area contributed by atoms with Crippen LogP contribution in [0.1, 0.15) is 62.1 Å². The molecule has 2 heterocycles. The maximum absolute atomic E-state index is 11.7. The second-order valence-electron chi connectivity index (χ2n) is 7.30. The average molecular weight is 320 g/mol. The summed E-state index contributed by atoms with van der Waals surface area (Å²) >= 11 is 0. The van der Waals surface area contributed by atoms with Crippen LogP contribution < -0.4 is 5.32 Å². The Morgan fingerprint density at radius 1 is 1.52 bits per heavy atom. The molecule has 1 saturated heterocycles. The zero-order valence-corrected chi connectivity index (χ0v) is 14.6. The molecule has 0 radical (unpaired) electrons. The van der Waals surface area contributed by atoms with E-state index in [1.807, 2.05) is 13.8 Å². The Balaban J connectivity index is 0.000000174. The van der Waals surface area contributed by atoms with Gasteiger partial charge in [-0.2, -0.15) is 5.10 Å². The normalized spacial score (nSPS) is 22.4. The molecule has 2 N–H and O–H groups in total. The minimum absolute atomic E-state index is 0.0127. The highest BCUT2D eigenvalue weighted by Crippen LogP contribution is 2.45. The van der Waals surface area contributed by atoms with Crippen LogP contribution in [-0.2, 0) is 4.79 Å². The van der Waals surface area contributed by atoms with Crippen molar-refractivity contribution in [2.45, 2.75) is 52.0 Å². The second-order valence-corrected chi connectivity index (χ2v) is 7.30. The van der Waals surface area contributed by atoms with Gasteiger partial charge in [0.2, 0.25) is 5.91 Å². The Labute approximate surface area is 138 Å². The van der Waals surface area contributed by atoms with Crippen LogP contribution in [-0.4, -0.2) is 53.5 Å². The van der Waals surface area contributed by atoms with Crippen LogP contribution in [0.4, 0.5) is 0 Å². The molecule has 128 valence electrons. The first-order valence-corrected chi connectivity index (χ1v) is 8.34. The molecule has 6 heteroatoms. The lowest BCUT2D eigenvalue weighted by Gasteiger charge is -2.15. The Kier molecular flexibility index (Phi) is 5.57. The summed E-state index contributed by atoms with van der Waals surface area (Å²) in [6.07, 6.45) is 3.99. The third kappa shape index (κ3) is 4.89. The molecule has 6 nitrogen and oxygen atoms in total. The highest BCUT2D eigenvalue weighted by atomic mass is 16.2. The van der Waals surface area contributed by atoms with Crippen LogP contribution in [0.2, 0.25) is 0 Å². The van der Waals surface area contributed by atoms with Crippen LogP contribution in [0.5, 0.6) is 0 Å². The molecule has 0 spiro atoms. The lowest BCUT2D eigenvalue weighted by Crippen LogP contribution is -2.40. The fraction of sp³-hybridized carbons (Fsp3) is 0.706. The minimum Gasteiger partial charge on any atom is -0.352 e. The van der Waals surface area contributed by atoms with Crippen LogP contribution in [0.15, 0.2) is 6.07 Å². The van der Waals surface area contributed by atoms with E-state index in [0.29, 0.717) is 17.7 Å². The monoisotopic (exact) mass is 320 g/mol. The molecule has 1 saturated carbocycles. The van der Waals surface area contributed by atoms with Crippen LogP contribution in [0.25, 0.3) is 0 Å². The van der Waals surface area contributed by atoms with Gasteiger partial charge in [0.05, 0.1) is 0 Å². The predicted molar refractivity (Wildman–Crippen MR) is 89.4 cm³/mol. The zero-order chi connectivity index (χ0) is 17.0. The molecule has 23 heavy (non-hydrogen) atoms. The summed E-state index contributed by atoms with van der Waals surface area (Å²) in [5.74, 6) is 0.675. The lowest BCUT2D eigenvalue weighted by molar-refractivity contribution is -0.126. The van der Waals surface area contributed by atoms with Gasteiger partial charge in [-0.05, 0) is 44.8 Å². The number of likely N-dealkylation sites (tertiary alicyclic amines) is 1. The van der Waals surface area contributed by atoms with Crippen molar-refractivity contribution in [1.82, 2.24) is 20.4 Å². The van der Waals surface area contributed by atoms with Gasteiger partial charge in [0.15, 0.2) is 6.29 Å². The van der Waals surface area contributed by atoms with Crippen molar-refractivity contribution in [2.24, 2.45) is 5.41 Å². The van der Waals surface area contributed by atoms with E-state index in [1.54, 1.807) is 6.07 Å². The third-order valence-electron chi connectivity index (χ3n) is 4.63. The van der Waals surface area contributed by atoms with Crippen molar-refractivity contribution >= 4 is 12.2 Å². The maximum Gasteiger partial charge on any atom is 0.226 e. The van der Waals surface area contributed by atoms with E-state index >= 15 is 0 Å². The smallest absolute Gasteiger partial charge is 0.226 e. The van der Waals surface area contributed by atoms with E-state index in [2.05, 4.69) is 34.4 Å². The number of H-pyrrole nitrogens is 1. The first-order chi connectivity index (χ1) is 10.8. The van der Waals surface area contributed by atoms with Crippen LogP contribution in [0, 0.1) is 5.41 Å². The molecule has 2 fully saturated rings. The van der Waals surface area contributed by atoms with Crippen molar-refractivity contribution in [2.75, 3.05) is 20.1 Å². The topological polar surface area (TPSA) is 78.1 Å². The summed E-state index contributed by atoms with van der Waals surface area (Å²) in [5, 5.41) is 9.67. The zero-order valence-electron chi connectivity index (χ0n) is 14.6. The lowest BCUT2D eigenvalue weighted by atomic mass is 10.1. The van der Waals surface area contributed by atoms with Crippen LogP contribution >= 0.6 is 0 Å². The highest BCUT2D eigenvalue weighted by molar-refractivity contribution is 5.85. The molecule has 1 aromatic heterocycles. The Bertz CT molecular complexity index is 549. The number of hydrogen-bond donors (Lipinski definition) is 2. The molecule has 1 amide bonds. The summed E-state index contributed by atoms with van der Waals surface area (Å²) in [7, 11) is 2.10. The standard InChI is InChI=1S/C10H18N2O.C7H10N2O/c1-10(4-5-10)9(13)11-8-3-6-12(2)7-8;1-5(2)7-3-6(4-10)8-9-7/h8H,3-7H2,1-2H3,(H,11,13);3-5H,1-2H3,(H,8,9). The molecule has 0 bridgehead atoms. The van der Waals surface area contributed by atoms with Crippen molar-refractivity contribution in [3.8, 4) is 0 Å². The Morgan fingerprint density at radius 2 is 2.22 bits per heavy atom. The maximum atomic E-state index is 11.7. The van der Waals surface area contributed by atoms with Gasteiger partial charge < -0.3 is 10.2 Å². The molecular weight excluding hydrogens is 292 g/mol. The molecule has 3 rings (SSSR count). The second kappa shape index (κ2) is 7.25. The van der Waals surface area contributed by atoms with E-state index in [0.717, 1.165) is 44.3 Å². The summed E-state index contributed by atoms with van der Waals surface area (Å²) in [6, 6.07) is 2.16. The summed E-state index contributed by atoms with van der Waals surface area (Å²) in [4.78, 5) is 24.1. The number of hydrogen-bond acceptors (Lipinski definition) is 4. The number of carbonyl (C=O) groups excluding carboxylic acids is 2. The number of carbonyl (C=O) groups is 2. The molecular formula is C17H28N4O2. The van der Waals surface area contributed by atoms with Gasteiger partial charge in [0, 0.05) is 23.7 Å². The van der Waals surface area contributed by atoms with E-state index in [-0.39, 0.29) is 11.3 Å². The fourth-order valence-electron chi connectivity index (χ4n) is 2.54. The van der Waals surface area contributed by atoms with Gasteiger partial charge in [-0.1, -0.05) is 20.8 Å². The number of aromatic amines is 1. The van der Waals surface area contributed by atoms with Gasteiger partial charge in [-0.3, -0.25) is 14.7 Å². The van der Waals surface area contributed by atoms with Crippen LogP contribution in [0.3, 0.4) is 0 Å². The van der Waals surface area contributed by atoms with E-state index in [4.69, 9.17) is 0 Å². The van der Waals surface area contributed by atoms with E-state index in [1.165, 1.54) is 0 Å². The largest absolute Gasteiger partial charge is 0.352 e. The Morgan fingerprint density at radius 3 is 2.61 bits per heavy atom. The molecule has 1 aromatic rings. The van der Waals surface area contributed by atoms with E-state index < -0.39 is 0 Å². The molecule has 1 aliphatic carbocycles. The fourth-order valence-corrected chi connectivity index (χ4v) is 2.54. The van der Waals surface area contributed by atoms with Crippen molar-refractivity contribution in [3.05, 3.63) is 17.5 Å². The number of rotatable bonds is 4. The van der Waals surface area contributed by atoms with Gasteiger partial charge in [-0.25, -0.2) is 0 Å². The number of likely N-dealkylation sites (N-methyl/N-ethyl adjacent to an activating group) is 1. The summed E-state index contributed by atoms with van der Waals surface area (Å²) in [6.45, 7) is 8.27. The summed E-state index contributed by atoms with van der Waals surface area (Å²) in [5.41, 5.74) is 1.46. The van der Waals surface area contributed by atoms with Crippen molar-refractivity contribution in [3.63, 3.8) is 0 Å². The quantitative estimate of drug-likeness (QED) is 0.831. The first kappa shape index (κ1) is 17.7.